The van der Waals surface area contributed by atoms with Crippen molar-refractivity contribution in [2.24, 2.45) is 11.8 Å². The number of urea groups is 1. The highest BCUT2D eigenvalue weighted by molar-refractivity contribution is 5.74. The Balaban J connectivity index is 1.19. The molecule has 0 radical (unpaired) electrons. The number of benzene rings is 2. The molecule has 234 valence electrons. The minimum Gasteiger partial charge on any atom is -0.480 e. The van der Waals surface area contributed by atoms with Gasteiger partial charge in [-0.3, -0.25) is 9.69 Å². The van der Waals surface area contributed by atoms with Gasteiger partial charge in [0.15, 0.2) is 11.6 Å². The number of nitrogens with zero attached hydrogens (tertiary/aromatic N) is 3. The van der Waals surface area contributed by atoms with E-state index >= 15 is 0 Å². The monoisotopic (exact) mass is 596 g/mol. The van der Waals surface area contributed by atoms with Crippen molar-refractivity contribution in [1.29, 1.82) is 0 Å². The lowest BCUT2D eigenvalue weighted by Crippen LogP contribution is -2.51. The van der Waals surface area contributed by atoms with Gasteiger partial charge < -0.3 is 20.2 Å². The molecular formula is C34H46F2N4O3. The molecule has 0 spiro atoms. The van der Waals surface area contributed by atoms with E-state index in [2.05, 4.69) is 39.4 Å². The van der Waals surface area contributed by atoms with E-state index in [-0.39, 0.29) is 24.5 Å². The normalized spacial score (nSPS) is 23.2. The second-order valence-corrected chi connectivity index (χ2v) is 12.6. The van der Waals surface area contributed by atoms with Crippen LogP contribution in [0.3, 0.4) is 0 Å². The van der Waals surface area contributed by atoms with Gasteiger partial charge in [0, 0.05) is 57.8 Å². The van der Waals surface area contributed by atoms with E-state index in [0.717, 1.165) is 83.4 Å². The van der Waals surface area contributed by atoms with Gasteiger partial charge in [0.25, 0.3) is 0 Å². The zero-order valence-electron chi connectivity index (χ0n) is 25.3. The topological polar surface area (TPSA) is 76.1 Å². The van der Waals surface area contributed by atoms with Crippen LogP contribution in [0.1, 0.15) is 68.9 Å². The summed E-state index contributed by atoms with van der Waals surface area (Å²) in [7, 11) is 0. The highest BCUT2D eigenvalue weighted by Crippen LogP contribution is 2.38. The summed E-state index contributed by atoms with van der Waals surface area (Å²) in [5.41, 5.74) is 1.80. The van der Waals surface area contributed by atoms with Gasteiger partial charge in [0.1, 0.15) is 6.04 Å². The third-order valence-corrected chi connectivity index (χ3v) is 9.96. The number of carbonyl (C=O) groups is 2. The van der Waals surface area contributed by atoms with Gasteiger partial charge in [-0.25, -0.2) is 13.6 Å². The number of carboxylic acid groups (broad SMARTS) is 1. The van der Waals surface area contributed by atoms with Gasteiger partial charge >= 0.3 is 12.0 Å². The summed E-state index contributed by atoms with van der Waals surface area (Å²) in [6.45, 7) is 6.91. The average Bonchev–Trinajstić information content (AvgIpc) is 3.42. The number of carbonyl (C=O) groups excluding carboxylic acids is 1. The van der Waals surface area contributed by atoms with Crippen LogP contribution in [-0.4, -0.2) is 83.2 Å². The zero-order valence-corrected chi connectivity index (χ0v) is 25.3. The summed E-state index contributed by atoms with van der Waals surface area (Å²) in [6, 6.07) is 13.7. The van der Waals surface area contributed by atoms with Gasteiger partial charge in [-0.2, -0.15) is 0 Å². The van der Waals surface area contributed by atoms with Crippen LogP contribution in [-0.2, 0) is 11.3 Å². The maximum atomic E-state index is 13.6. The molecule has 5 rings (SSSR count). The highest BCUT2D eigenvalue weighted by atomic mass is 19.2. The van der Waals surface area contributed by atoms with Crippen LogP contribution in [0.5, 0.6) is 0 Å². The number of hydrogen-bond donors (Lipinski definition) is 2. The smallest absolute Gasteiger partial charge is 0.321 e. The molecule has 1 saturated carbocycles. The second-order valence-electron chi connectivity index (χ2n) is 12.6. The number of piperidine rings is 1. The Hall–Kier alpha value is -3.04. The van der Waals surface area contributed by atoms with Gasteiger partial charge in [0.2, 0.25) is 0 Å². The van der Waals surface area contributed by atoms with Crippen LogP contribution >= 0.6 is 0 Å². The fourth-order valence-electron chi connectivity index (χ4n) is 7.74. The molecule has 9 heteroatoms. The molecule has 2 heterocycles. The Labute approximate surface area is 254 Å². The van der Waals surface area contributed by atoms with Gasteiger partial charge in [-0.1, -0.05) is 55.7 Å². The van der Waals surface area contributed by atoms with Crippen LogP contribution in [0.2, 0.25) is 0 Å². The average molecular weight is 597 g/mol. The van der Waals surface area contributed by atoms with Crippen molar-refractivity contribution in [1.82, 2.24) is 20.0 Å². The summed E-state index contributed by atoms with van der Waals surface area (Å²) < 4.78 is 26.8. The predicted octanol–water partition coefficient (Wildman–Crippen LogP) is 5.71. The van der Waals surface area contributed by atoms with Gasteiger partial charge in [-0.15, -0.1) is 0 Å². The molecule has 2 aliphatic heterocycles. The fraction of sp³-hybridized carbons (Fsp3) is 0.588. The van der Waals surface area contributed by atoms with E-state index in [1.165, 1.54) is 18.1 Å². The number of rotatable bonds is 10. The molecule has 2 aromatic rings. The molecule has 3 fully saturated rings. The first-order valence-corrected chi connectivity index (χ1v) is 16.1. The molecule has 7 nitrogen and oxygen atoms in total. The zero-order chi connectivity index (χ0) is 30.3. The number of nitrogens with one attached hydrogen (secondary N) is 1. The van der Waals surface area contributed by atoms with Crippen molar-refractivity contribution in [3.8, 4) is 0 Å². The molecular weight excluding hydrogens is 550 g/mol. The number of hydrogen-bond acceptors (Lipinski definition) is 4. The molecule has 2 amide bonds. The standard InChI is InChI=1S/C34H46F2N4O3/c1-2-40(34(43)37-20-24-13-14-30(35)31(36)19-24)28-15-17-38(18-16-28)21-27-22-39(23-29(27)25-9-5-3-6-10-25)32(33(41)42)26-11-7-4-8-12-26/h3,5-6,9-10,13-14,19,26-29,32H,2,4,7-8,11-12,15-18,20-23H2,1H3,(H,37,43)(H,41,42)/t27-,29+,32+/m0/s1. The van der Waals surface area contributed by atoms with E-state index in [1.54, 1.807) is 0 Å². The first-order chi connectivity index (χ1) is 20.8. The summed E-state index contributed by atoms with van der Waals surface area (Å²) in [5, 5.41) is 13.2. The Bertz CT molecular complexity index is 1220. The lowest BCUT2D eigenvalue weighted by atomic mass is 9.83. The number of likely N-dealkylation sites (tertiary alicyclic amines) is 2. The van der Waals surface area contributed by atoms with E-state index in [9.17, 15) is 23.5 Å². The molecule has 3 aliphatic rings. The SMILES string of the molecule is CCN(C(=O)NCc1ccc(F)c(F)c1)C1CCN(C[C@H]2CN([C@@H](C(=O)O)C3CCCCC3)C[C@@H]2c2ccccc2)CC1. The van der Waals surface area contributed by atoms with E-state index in [0.29, 0.717) is 23.9 Å². The Morgan fingerprint density at radius 1 is 0.977 bits per heavy atom. The first kappa shape index (κ1) is 31.4. The van der Waals surface area contributed by atoms with E-state index in [4.69, 9.17) is 0 Å². The van der Waals surface area contributed by atoms with Crippen molar-refractivity contribution in [3.05, 3.63) is 71.3 Å². The van der Waals surface area contributed by atoms with Crippen molar-refractivity contribution in [2.45, 2.75) is 76.4 Å². The van der Waals surface area contributed by atoms with Crippen LogP contribution in [0.25, 0.3) is 0 Å². The lowest BCUT2D eigenvalue weighted by Gasteiger charge is -2.39. The second kappa shape index (κ2) is 14.6. The number of halogens is 2. The molecule has 3 atom stereocenters. The Kier molecular flexibility index (Phi) is 10.7. The van der Waals surface area contributed by atoms with Crippen molar-refractivity contribution in [2.75, 3.05) is 39.3 Å². The number of aliphatic carboxylic acids is 1. The number of carboxylic acids is 1. The van der Waals surface area contributed by atoms with Crippen LogP contribution in [0.15, 0.2) is 48.5 Å². The Morgan fingerprint density at radius 3 is 2.35 bits per heavy atom. The minimum atomic E-state index is -0.918. The summed E-state index contributed by atoms with van der Waals surface area (Å²) in [5.74, 6) is -1.64. The van der Waals surface area contributed by atoms with Crippen LogP contribution in [0, 0.1) is 23.5 Å². The molecule has 0 bridgehead atoms. The summed E-state index contributed by atoms with van der Waals surface area (Å²) >= 11 is 0. The molecule has 2 N–H and O–H groups in total. The largest absolute Gasteiger partial charge is 0.480 e. The van der Waals surface area contributed by atoms with Crippen LogP contribution in [0.4, 0.5) is 13.6 Å². The predicted molar refractivity (Wildman–Crippen MR) is 163 cm³/mol. The fourth-order valence-corrected chi connectivity index (χ4v) is 7.74. The highest BCUT2D eigenvalue weighted by Gasteiger charge is 2.43. The maximum absolute atomic E-state index is 13.6. The van der Waals surface area contributed by atoms with Crippen molar-refractivity contribution < 1.29 is 23.5 Å². The maximum Gasteiger partial charge on any atom is 0.321 e. The Morgan fingerprint density at radius 2 is 1.70 bits per heavy atom. The lowest BCUT2D eigenvalue weighted by molar-refractivity contribution is -0.145. The summed E-state index contributed by atoms with van der Waals surface area (Å²) in [4.78, 5) is 32.2. The summed E-state index contributed by atoms with van der Waals surface area (Å²) in [6.07, 6.45) is 7.19. The molecule has 1 aliphatic carbocycles. The molecule has 2 saturated heterocycles. The molecule has 43 heavy (non-hydrogen) atoms. The molecule has 0 unspecified atom stereocenters. The van der Waals surface area contributed by atoms with E-state index < -0.39 is 23.6 Å². The first-order valence-electron chi connectivity index (χ1n) is 16.1. The number of amides is 2. The van der Waals surface area contributed by atoms with Crippen LogP contribution < -0.4 is 5.32 Å². The quantitative estimate of drug-likeness (QED) is 0.368. The third-order valence-electron chi connectivity index (χ3n) is 9.96. The molecule has 2 aromatic carbocycles. The molecule has 0 aromatic heterocycles. The minimum absolute atomic E-state index is 0.110. The van der Waals surface area contributed by atoms with Crippen molar-refractivity contribution in [3.63, 3.8) is 0 Å². The van der Waals surface area contributed by atoms with E-state index in [1.807, 2.05) is 17.9 Å². The van der Waals surface area contributed by atoms with Gasteiger partial charge in [0.05, 0.1) is 0 Å². The van der Waals surface area contributed by atoms with Gasteiger partial charge in [-0.05, 0) is 67.7 Å². The third kappa shape index (κ3) is 7.73. The van der Waals surface area contributed by atoms with Crippen molar-refractivity contribution >= 4 is 12.0 Å².